The van der Waals surface area contributed by atoms with Crippen molar-refractivity contribution >= 4 is 11.8 Å². The van der Waals surface area contributed by atoms with Crippen molar-refractivity contribution in [2.75, 3.05) is 0 Å². The summed E-state index contributed by atoms with van der Waals surface area (Å²) >= 11 is 0. The Balaban J connectivity index is 1.60. The van der Waals surface area contributed by atoms with Gasteiger partial charge in [-0.2, -0.15) is 0 Å². The van der Waals surface area contributed by atoms with Crippen molar-refractivity contribution in [3.05, 3.63) is 64.7 Å². The van der Waals surface area contributed by atoms with Gasteiger partial charge in [0, 0.05) is 30.0 Å². The van der Waals surface area contributed by atoms with E-state index < -0.39 is 0 Å². The first-order valence-corrected chi connectivity index (χ1v) is 10.1. The van der Waals surface area contributed by atoms with E-state index in [0.29, 0.717) is 23.1 Å². The lowest BCUT2D eigenvalue weighted by atomic mass is 9.91. The number of hydrogen-bond acceptors (Lipinski definition) is 3. The molecule has 0 saturated heterocycles. The molecule has 29 heavy (non-hydrogen) atoms. The van der Waals surface area contributed by atoms with Gasteiger partial charge in [-0.1, -0.05) is 6.92 Å². The Kier molecular flexibility index (Phi) is 6.62. The summed E-state index contributed by atoms with van der Waals surface area (Å²) < 4.78 is 14.4. The second kappa shape index (κ2) is 9.16. The van der Waals surface area contributed by atoms with Crippen LogP contribution in [0.2, 0.25) is 0 Å². The highest BCUT2D eigenvalue weighted by Gasteiger charge is 2.24. The lowest BCUT2D eigenvalue weighted by Crippen LogP contribution is -2.34. The number of carbonyl (C=O) groups is 2. The van der Waals surface area contributed by atoms with Crippen molar-refractivity contribution in [2.45, 2.75) is 58.5 Å². The fourth-order valence-electron chi connectivity index (χ4n) is 3.50. The second-order valence-corrected chi connectivity index (χ2v) is 8.15. The summed E-state index contributed by atoms with van der Waals surface area (Å²) in [7, 11) is 0. The van der Waals surface area contributed by atoms with Crippen molar-refractivity contribution in [1.82, 2.24) is 15.6 Å². The Labute approximate surface area is 171 Å². The van der Waals surface area contributed by atoms with Gasteiger partial charge in [-0.15, -0.1) is 0 Å². The molecule has 0 radical (unpaired) electrons. The van der Waals surface area contributed by atoms with Gasteiger partial charge in [-0.25, -0.2) is 4.39 Å². The van der Waals surface area contributed by atoms with Gasteiger partial charge in [-0.3, -0.25) is 14.6 Å². The van der Waals surface area contributed by atoms with Gasteiger partial charge >= 0.3 is 0 Å². The molecule has 2 unspecified atom stereocenters. The van der Waals surface area contributed by atoms with Gasteiger partial charge in [0.25, 0.3) is 11.8 Å². The van der Waals surface area contributed by atoms with E-state index in [2.05, 4.69) is 22.5 Å². The highest BCUT2D eigenvalue weighted by atomic mass is 19.1. The van der Waals surface area contributed by atoms with E-state index in [1.54, 1.807) is 31.3 Å². The maximum Gasteiger partial charge on any atom is 0.253 e. The molecule has 0 bridgehead atoms. The molecular weight excluding hydrogens is 369 g/mol. The molecule has 2 amide bonds. The van der Waals surface area contributed by atoms with Crippen LogP contribution in [0.3, 0.4) is 0 Å². The van der Waals surface area contributed by atoms with Gasteiger partial charge in [0.1, 0.15) is 5.82 Å². The monoisotopic (exact) mass is 397 g/mol. The minimum absolute atomic E-state index is 0.0378. The largest absolute Gasteiger partial charge is 0.350 e. The molecule has 2 N–H and O–H groups in total. The number of nitrogens with zero attached hydrogens (tertiary/aromatic N) is 1. The van der Waals surface area contributed by atoms with Gasteiger partial charge in [-0.05, 0) is 80.8 Å². The zero-order valence-corrected chi connectivity index (χ0v) is 17.2. The maximum absolute atomic E-state index is 14.4. The molecule has 1 fully saturated rings. The lowest BCUT2D eigenvalue weighted by molar-refractivity contribution is 0.0931. The van der Waals surface area contributed by atoms with Crippen molar-refractivity contribution in [3.63, 3.8) is 0 Å². The topological polar surface area (TPSA) is 71.1 Å². The van der Waals surface area contributed by atoms with Crippen LogP contribution in [0.4, 0.5) is 4.39 Å². The number of amides is 2. The number of carbonyl (C=O) groups excluding carboxylic acids is 2. The van der Waals surface area contributed by atoms with Gasteiger partial charge in [0.05, 0.1) is 5.56 Å². The summed E-state index contributed by atoms with van der Waals surface area (Å²) in [5.41, 5.74) is 2.32. The van der Waals surface area contributed by atoms with Crippen LogP contribution >= 0.6 is 0 Å². The molecule has 1 aromatic heterocycles. The molecule has 6 heteroatoms. The molecular formula is C23H28FN3O2. The Morgan fingerprint density at radius 2 is 1.97 bits per heavy atom. The number of benzene rings is 1. The van der Waals surface area contributed by atoms with Crippen molar-refractivity contribution < 1.29 is 14.0 Å². The first-order chi connectivity index (χ1) is 13.8. The average Bonchev–Trinajstić information content (AvgIpc) is 3.49. The molecule has 2 aromatic rings. The molecule has 1 aliphatic carbocycles. The summed E-state index contributed by atoms with van der Waals surface area (Å²) in [6.07, 6.45) is 6.53. The zero-order chi connectivity index (χ0) is 21.0. The van der Waals surface area contributed by atoms with E-state index >= 15 is 0 Å². The van der Waals surface area contributed by atoms with Crippen LogP contribution < -0.4 is 10.6 Å². The Hall–Kier alpha value is -2.76. The number of halogens is 1. The zero-order valence-electron chi connectivity index (χ0n) is 17.2. The van der Waals surface area contributed by atoms with Crippen LogP contribution in [0.1, 0.15) is 65.0 Å². The summed E-state index contributed by atoms with van der Waals surface area (Å²) in [6.45, 7) is 5.77. The van der Waals surface area contributed by atoms with Crippen molar-refractivity contribution in [2.24, 2.45) is 5.92 Å². The van der Waals surface area contributed by atoms with E-state index in [0.717, 1.165) is 24.8 Å². The SMILES string of the molecule is Cc1c(F)cc(C(=O)NC2CC2)cc1CC(C)CC(C)NC(=O)c1cccnc1. The molecule has 0 aliphatic heterocycles. The van der Waals surface area contributed by atoms with Crippen LogP contribution in [0.15, 0.2) is 36.7 Å². The summed E-state index contributed by atoms with van der Waals surface area (Å²) in [5.74, 6) is -0.510. The van der Waals surface area contributed by atoms with Crippen LogP contribution in [0, 0.1) is 18.7 Å². The predicted molar refractivity (Wildman–Crippen MR) is 110 cm³/mol. The van der Waals surface area contributed by atoms with Crippen LogP contribution in [0.5, 0.6) is 0 Å². The molecule has 1 aliphatic rings. The quantitative estimate of drug-likeness (QED) is 0.712. The Morgan fingerprint density at radius 1 is 1.21 bits per heavy atom. The predicted octanol–water partition coefficient (Wildman–Crippen LogP) is 3.81. The third-order valence-corrected chi connectivity index (χ3v) is 5.25. The molecule has 0 spiro atoms. The standard InChI is InChI=1S/C23H28FN3O2/c1-14(9-15(2)26-22(28)17-5-4-8-25-13-17)10-18-11-19(12-21(24)16(18)3)23(29)27-20-6-7-20/h4-5,8,11-15,20H,6-7,9-10H2,1-3H3,(H,26,28)(H,27,29). The number of aromatic nitrogens is 1. The summed E-state index contributed by atoms with van der Waals surface area (Å²) in [5, 5.41) is 5.89. The number of pyridine rings is 1. The minimum atomic E-state index is -0.353. The maximum atomic E-state index is 14.4. The van der Waals surface area contributed by atoms with E-state index in [-0.39, 0.29) is 35.6 Å². The van der Waals surface area contributed by atoms with E-state index in [9.17, 15) is 14.0 Å². The van der Waals surface area contributed by atoms with E-state index in [1.165, 1.54) is 12.3 Å². The van der Waals surface area contributed by atoms with Crippen LogP contribution in [0.25, 0.3) is 0 Å². The van der Waals surface area contributed by atoms with E-state index in [1.807, 2.05) is 6.92 Å². The fraction of sp³-hybridized carbons (Fsp3) is 0.435. The van der Waals surface area contributed by atoms with Crippen molar-refractivity contribution in [1.29, 1.82) is 0 Å². The molecule has 1 aromatic carbocycles. The van der Waals surface area contributed by atoms with Crippen LogP contribution in [-0.4, -0.2) is 28.9 Å². The lowest BCUT2D eigenvalue weighted by Gasteiger charge is -2.20. The highest BCUT2D eigenvalue weighted by molar-refractivity contribution is 5.95. The van der Waals surface area contributed by atoms with Crippen LogP contribution in [-0.2, 0) is 6.42 Å². The summed E-state index contributed by atoms with van der Waals surface area (Å²) in [4.78, 5) is 28.5. The number of hydrogen-bond donors (Lipinski definition) is 2. The van der Waals surface area contributed by atoms with Gasteiger partial charge < -0.3 is 10.6 Å². The molecule has 2 atom stereocenters. The Bertz CT molecular complexity index is 881. The minimum Gasteiger partial charge on any atom is -0.350 e. The molecule has 154 valence electrons. The van der Waals surface area contributed by atoms with Crippen molar-refractivity contribution in [3.8, 4) is 0 Å². The van der Waals surface area contributed by atoms with Gasteiger partial charge in [0.2, 0.25) is 0 Å². The number of rotatable bonds is 8. The smallest absolute Gasteiger partial charge is 0.253 e. The summed E-state index contributed by atoms with van der Waals surface area (Å²) in [6, 6.07) is 6.76. The second-order valence-electron chi connectivity index (χ2n) is 8.15. The average molecular weight is 397 g/mol. The normalized spacial score (nSPS) is 15.4. The van der Waals surface area contributed by atoms with E-state index in [4.69, 9.17) is 0 Å². The third-order valence-electron chi connectivity index (χ3n) is 5.25. The molecule has 1 heterocycles. The number of nitrogens with one attached hydrogen (secondary N) is 2. The molecule has 5 nitrogen and oxygen atoms in total. The highest BCUT2D eigenvalue weighted by Crippen LogP contribution is 2.23. The molecule has 1 saturated carbocycles. The Morgan fingerprint density at radius 3 is 2.62 bits per heavy atom. The first-order valence-electron chi connectivity index (χ1n) is 10.1. The molecule has 3 rings (SSSR count). The first kappa shape index (κ1) is 21.0. The fourth-order valence-corrected chi connectivity index (χ4v) is 3.50. The van der Waals surface area contributed by atoms with Gasteiger partial charge in [0.15, 0.2) is 0 Å². The third kappa shape index (κ3) is 5.86.